The summed E-state index contributed by atoms with van der Waals surface area (Å²) in [5.41, 5.74) is -0.452. The molecule has 0 saturated carbocycles. The van der Waals surface area contributed by atoms with E-state index in [0.29, 0.717) is 18.9 Å². The molecule has 0 radical (unpaired) electrons. The highest BCUT2D eigenvalue weighted by atomic mass is 32.2. The standard InChI is InChI=1S/C17H23N3O4S2/c1-17(15(21)18-16(22)19-17)12-26(23,24)20-8-4-13(5-9-20)2-3-14-6-10-25-11-7-14/h4,14H,5-12H2,1H3,(H2,18,19,21,22). The van der Waals surface area contributed by atoms with Gasteiger partial charge in [0.2, 0.25) is 10.0 Å². The first kappa shape index (κ1) is 19.3. The number of sulfonamides is 1. The topological polar surface area (TPSA) is 95.6 Å². The van der Waals surface area contributed by atoms with Gasteiger partial charge in [0.15, 0.2) is 0 Å². The van der Waals surface area contributed by atoms with Crippen molar-refractivity contribution >= 4 is 33.7 Å². The highest BCUT2D eigenvalue weighted by Crippen LogP contribution is 2.23. The molecule has 0 aliphatic carbocycles. The molecular weight excluding hydrogens is 374 g/mol. The first-order chi connectivity index (χ1) is 12.3. The van der Waals surface area contributed by atoms with Crippen molar-refractivity contribution in [2.24, 2.45) is 5.92 Å². The summed E-state index contributed by atoms with van der Waals surface area (Å²) in [7, 11) is -3.68. The van der Waals surface area contributed by atoms with Crippen LogP contribution in [-0.4, -0.2) is 60.5 Å². The van der Waals surface area contributed by atoms with E-state index in [4.69, 9.17) is 0 Å². The molecule has 0 aromatic heterocycles. The van der Waals surface area contributed by atoms with Crippen molar-refractivity contribution in [3.63, 3.8) is 0 Å². The minimum Gasteiger partial charge on any atom is -0.322 e. The molecule has 3 aliphatic heterocycles. The van der Waals surface area contributed by atoms with E-state index in [9.17, 15) is 18.0 Å². The average Bonchev–Trinajstić information content (AvgIpc) is 2.85. The van der Waals surface area contributed by atoms with Gasteiger partial charge in [-0.25, -0.2) is 13.2 Å². The van der Waals surface area contributed by atoms with E-state index in [1.165, 1.54) is 11.2 Å². The second kappa shape index (κ2) is 7.62. The summed E-state index contributed by atoms with van der Waals surface area (Å²) in [5, 5.41) is 4.48. The Morgan fingerprint density at radius 3 is 2.65 bits per heavy atom. The molecule has 2 fully saturated rings. The molecule has 0 aromatic rings. The van der Waals surface area contributed by atoms with Crippen LogP contribution < -0.4 is 10.6 Å². The van der Waals surface area contributed by atoms with Crippen LogP contribution in [0.5, 0.6) is 0 Å². The number of nitrogens with one attached hydrogen (secondary N) is 2. The van der Waals surface area contributed by atoms with Crippen molar-refractivity contribution in [1.29, 1.82) is 0 Å². The van der Waals surface area contributed by atoms with Crippen LogP contribution in [-0.2, 0) is 14.8 Å². The summed E-state index contributed by atoms with van der Waals surface area (Å²) in [6, 6.07) is -0.662. The van der Waals surface area contributed by atoms with E-state index in [0.717, 1.165) is 29.9 Å². The Labute approximate surface area is 158 Å². The van der Waals surface area contributed by atoms with Gasteiger partial charge in [-0.1, -0.05) is 17.9 Å². The smallest absolute Gasteiger partial charge is 0.322 e. The number of carbonyl (C=O) groups excluding carboxylic acids is 2. The number of rotatable bonds is 3. The molecule has 3 heterocycles. The zero-order chi connectivity index (χ0) is 18.8. The van der Waals surface area contributed by atoms with E-state index in [1.807, 2.05) is 17.8 Å². The number of carbonyl (C=O) groups is 2. The summed E-state index contributed by atoms with van der Waals surface area (Å²) >= 11 is 1.97. The van der Waals surface area contributed by atoms with Gasteiger partial charge in [0.25, 0.3) is 5.91 Å². The van der Waals surface area contributed by atoms with Crippen LogP contribution in [0.4, 0.5) is 4.79 Å². The fraction of sp³-hybridized carbons (Fsp3) is 0.647. The molecule has 2 saturated heterocycles. The Morgan fingerprint density at radius 2 is 2.08 bits per heavy atom. The minimum absolute atomic E-state index is 0.249. The summed E-state index contributed by atoms with van der Waals surface area (Å²) in [6.07, 6.45) is 4.67. The van der Waals surface area contributed by atoms with Crippen molar-refractivity contribution in [3.05, 3.63) is 11.6 Å². The molecule has 3 amide bonds. The molecular formula is C17H23N3O4S2. The molecule has 142 valence electrons. The summed E-state index contributed by atoms with van der Waals surface area (Å²) in [6.45, 7) is 2.01. The average molecular weight is 398 g/mol. The third-order valence-electron chi connectivity index (χ3n) is 4.81. The van der Waals surface area contributed by atoms with E-state index in [2.05, 4.69) is 22.5 Å². The summed E-state index contributed by atoms with van der Waals surface area (Å²) in [4.78, 5) is 23.1. The van der Waals surface area contributed by atoms with Crippen molar-refractivity contribution < 1.29 is 18.0 Å². The van der Waals surface area contributed by atoms with Gasteiger partial charge < -0.3 is 5.32 Å². The lowest BCUT2D eigenvalue weighted by Gasteiger charge is -2.28. The van der Waals surface area contributed by atoms with Crippen molar-refractivity contribution in [3.8, 4) is 11.8 Å². The van der Waals surface area contributed by atoms with Gasteiger partial charge in [0, 0.05) is 24.6 Å². The molecule has 0 bridgehead atoms. The maximum Gasteiger partial charge on any atom is 0.322 e. The molecule has 2 N–H and O–H groups in total. The molecule has 1 atom stereocenters. The van der Waals surface area contributed by atoms with Crippen LogP contribution >= 0.6 is 11.8 Å². The number of urea groups is 1. The molecule has 3 rings (SSSR count). The van der Waals surface area contributed by atoms with E-state index >= 15 is 0 Å². The maximum absolute atomic E-state index is 12.6. The second-order valence-corrected chi connectivity index (χ2v) is 10.2. The third-order valence-corrected chi connectivity index (χ3v) is 7.92. The zero-order valence-corrected chi connectivity index (χ0v) is 16.3. The SMILES string of the molecule is CC1(CS(=O)(=O)N2CC=C(C#CC3CCSCC3)CC2)NC(=O)NC1=O. The Kier molecular flexibility index (Phi) is 5.65. The van der Waals surface area contributed by atoms with E-state index < -0.39 is 33.3 Å². The van der Waals surface area contributed by atoms with Gasteiger partial charge in [-0.3, -0.25) is 10.1 Å². The van der Waals surface area contributed by atoms with Crippen LogP contribution in [0.25, 0.3) is 0 Å². The quantitative estimate of drug-likeness (QED) is 0.540. The molecule has 9 heteroatoms. The highest BCUT2D eigenvalue weighted by Gasteiger charge is 2.46. The predicted molar refractivity (Wildman–Crippen MR) is 101 cm³/mol. The lowest BCUT2D eigenvalue weighted by atomic mass is 10.0. The number of amides is 3. The molecule has 3 aliphatic rings. The van der Waals surface area contributed by atoms with Crippen LogP contribution in [0.2, 0.25) is 0 Å². The van der Waals surface area contributed by atoms with Crippen molar-refractivity contribution in [2.45, 2.75) is 31.7 Å². The van der Waals surface area contributed by atoms with E-state index in [1.54, 1.807) is 0 Å². The Bertz CT molecular complexity index is 791. The van der Waals surface area contributed by atoms with Gasteiger partial charge in [0.05, 0.1) is 5.75 Å². The Morgan fingerprint density at radius 1 is 1.35 bits per heavy atom. The summed E-state index contributed by atoms with van der Waals surface area (Å²) < 4.78 is 26.6. The second-order valence-electron chi connectivity index (χ2n) is 6.99. The first-order valence-corrected chi connectivity index (χ1v) is 11.4. The van der Waals surface area contributed by atoms with Gasteiger partial charge in [-0.05, 0) is 37.7 Å². The fourth-order valence-electron chi connectivity index (χ4n) is 3.19. The lowest BCUT2D eigenvalue weighted by molar-refractivity contribution is -0.122. The number of hydrogen-bond donors (Lipinski definition) is 2. The predicted octanol–water partition coefficient (Wildman–Crippen LogP) is 0.693. The van der Waals surface area contributed by atoms with Gasteiger partial charge in [-0.2, -0.15) is 16.1 Å². The lowest BCUT2D eigenvalue weighted by Crippen LogP contribution is -2.52. The number of nitrogens with zero attached hydrogens (tertiary/aromatic N) is 1. The number of hydrogen-bond acceptors (Lipinski definition) is 5. The van der Waals surface area contributed by atoms with Gasteiger partial charge in [-0.15, -0.1) is 0 Å². The van der Waals surface area contributed by atoms with Crippen LogP contribution in [0, 0.1) is 17.8 Å². The summed E-state index contributed by atoms with van der Waals surface area (Å²) in [5.74, 6) is 8.24. The van der Waals surface area contributed by atoms with Crippen LogP contribution in [0.15, 0.2) is 11.6 Å². The van der Waals surface area contributed by atoms with E-state index in [-0.39, 0.29) is 6.54 Å². The molecule has 0 spiro atoms. The maximum atomic E-state index is 12.6. The molecule has 1 unspecified atom stereocenters. The fourth-order valence-corrected chi connectivity index (χ4v) is 6.08. The van der Waals surface area contributed by atoms with Gasteiger partial charge in [0.1, 0.15) is 5.54 Å². The zero-order valence-electron chi connectivity index (χ0n) is 14.7. The third kappa shape index (κ3) is 4.42. The first-order valence-electron chi connectivity index (χ1n) is 8.68. The van der Waals surface area contributed by atoms with Crippen LogP contribution in [0.1, 0.15) is 26.2 Å². The molecule has 26 heavy (non-hydrogen) atoms. The largest absolute Gasteiger partial charge is 0.322 e. The van der Waals surface area contributed by atoms with Crippen molar-refractivity contribution in [1.82, 2.24) is 14.9 Å². The Hall–Kier alpha value is -1.50. The molecule has 0 aromatic carbocycles. The highest BCUT2D eigenvalue weighted by molar-refractivity contribution is 7.99. The molecule has 7 nitrogen and oxygen atoms in total. The van der Waals surface area contributed by atoms with Crippen molar-refractivity contribution in [2.75, 3.05) is 30.3 Å². The van der Waals surface area contributed by atoms with Crippen LogP contribution in [0.3, 0.4) is 0 Å². The monoisotopic (exact) mass is 397 g/mol. The van der Waals surface area contributed by atoms with Gasteiger partial charge >= 0.3 is 6.03 Å². The Balaban J connectivity index is 1.61. The number of imide groups is 1. The normalized spacial score (nSPS) is 28.0. The minimum atomic E-state index is -3.68. The number of thioether (sulfide) groups is 1.